The molecule has 3 rings (SSSR count). The fraction of sp³-hybridized carbons (Fsp3) is 0.348. The van der Waals surface area contributed by atoms with Crippen molar-refractivity contribution in [3.8, 4) is 16.9 Å². The molecule has 1 atom stereocenters. The summed E-state index contributed by atoms with van der Waals surface area (Å²) in [5.41, 5.74) is 6.47. The molecule has 0 radical (unpaired) electrons. The zero-order chi connectivity index (χ0) is 22.1. The van der Waals surface area contributed by atoms with Gasteiger partial charge in [0.05, 0.1) is 17.7 Å². The van der Waals surface area contributed by atoms with Crippen LogP contribution in [0.15, 0.2) is 48.7 Å². The molecule has 2 N–H and O–H groups in total. The van der Waals surface area contributed by atoms with Crippen molar-refractivity contribution < 1.29 is 17.9 Å². The maximum absolute atomic E-state index is 13.8. The molecule has 0 spiro atoms. The minimum atomic E-state index is -4.55. The molecule has 1 aromatic heterocycles. The fourth-order valence-electron chi connectivity index (χ4n) is 3.61. The van der Waals surface area contributed by atoms with Crippen molar-refractivity contribution in [1.82, 2.24) is 4.98 Å². The Hall–Kier alpha value is -2.31. The van der Waals surface area contributed by atoms with E-state index in [1.807, 2.05) is 20.8 Å². The van der Waals surface area contributed by atoms with Crippen molar-refractivity contribution >= 4 is 22.5 Å². The smallest absolute Gasteiger partial charge is 0.419 e. The Morgan fingerprint density at radius 1 is 1.10 bits per heavy atom. The number of ether oxygens (including phenoxy) is 1. The molecule has 7 heteroatoms. The average molecular weight is 437 g/mol. The highest BCUT2D eigenvalue weighted by atomic mass is 35.5. The van der Waals surface area contributed by atoms with Crippen LogP contribution in [0.25, 0.3) is 22.0 Å². The number of hydrogen-bond donors (Lipinski definition) is 1. The molecule has 3 nitrogen and oxygen atoms in total. The second-order valence-electron chi connectivity index (χ2n) is 8.34. The van der Waals surface area contributed by atoms with E-state index in [1.54, 1.807) is 36.5 Å². The summed E-state index contributed by atoms with van der Waals surface area (Å²) >= 11 is 6.01. The van der Waals surface area contributed by atoms with E-state index < -0.39 is 17.3 Å². The van der Waals surface area contributed by atoms with Crippen LogP contribution in [-0.2, 0) is 6.18 Å². The van der Waals surface area contributed by atoms with Crippen LogP contribution in [0, 0.1) is 5.92 Å². The number of halogens is 4. The zero-order valence-corrected chi connectivity index (χ0v) is 17.8. The number of fused-ring (bicyclic) bond motifs is 1. The van der Waals surface area contributed by atoms with Gasteiger partial charge in [0.15, 0.2) is 0 Å². The maximum atomic E-state index is 13.8. The second-order valence-corrected chi connectivity index (χ2v) is 8.77. The number of nitrogens with zero attached hydrogens (tertiary/aromatic N) is 1. The number of rotatable bonds is 6. The largest absolute Gasteiger partial charge is 0.493 e. The first-order valence-electron chi connectivity index (χ1n) is 9.61. The minimum absolute atomic E-state index is 0.0136. The van der Waals surface area contributed by atoms with Crippen LogP contribution >= 0.6 is 11.6 Å². The van der Waals surface area contributed by atoms with Gasteiger partial charge in [-0.3, -0.25) is 4.98 Å². The first kappa shape index (κ1) is 22.4. The number of nitrogens with two attached hydrogens (primary N) is 1. The summed E-state index contributed by atoms with van der Waals surface area (Å²) in [6, 6.07) is 11.0. The summed E-state index contributed by atoms with van der Waals surface area (Å²) in [7, 11) is 0. The Morgan fingerprint density at radius 2 is 1.83 bits per heavy atom. The molecule has 0 bridgehead atoms. The van der Waals surface area contributed by atoms with Gasteiger partial charge >= 0.3 is 6.18 Å². The van der Waals surface area contributed by atoms with Crippen LogP contribution in [0.1, 0.15) is 32.8 Å². The predicted molar refractivity (Wildman–Crippen MR) is 115 cm³/mol. The third-order valence-corrected chi connectivity index (χ3v) is 4.93. The number of hydrogen-bond acceptors (Lipinski definition) is 3. The molecule has 3 aromatic rings. The van der Waals surface area contributed by atoms with Crippen LogP contribution in [0.3, 0.4) is 0 Å². The molecule has 0 saturated heterocycles. The SMILES string of the molecule is CC(COc1ccc(-c2ccnc3cc(Cl)ccc23)cc1C(F)(F)F)CC(C)(C)N. The van der Waals surface area contributed by atoms with Crippen molar-refractivity contribution in [2.24, 2.45) is 11.7 Å². The lowest BCUT2D eigenvalue weighted by atomic mass is 9.93. The lowest BCUT2D eigenvalue weighted by Gasteiger charge is -2.24. The monoisotopic (exact) mass is 436 g/mol. The van der Waals surface area contributed by atoms with Gasteiger partial charge in [-0.2, -0.15) is 13.2 Å². The second kappa shape index (κ2) is 8.44. The van der Waals surface area contributed by atoms with Gasteiger partial charge in [-0.15, -0.1) is 0 Å². The predicted octanol–water partition coefficient (Wildman–Crippen LogP) is 6.72. The summed E-state index contributed by atoms with van der Waals surface area (Å²) in [5.74, 6) is -0.172. The van der Waals surface area contributed by atoms with Crippen LogP contribution in [-0.4, -0.2) is 17.1 Å². The van der Waals surface area contributed by atoms with E-state index in [1.165, 1.54) is 6.07 Å². The van der Waals surface area contributed by atoms with Gasteiger partial charge in [0.1, 0.15) is 5.75 Å². The van der Waals surface area contributed by atoms with E-state index in [0.717, 1.165) is 11.5 Å². The van der Waals surface area contributed by atoms with Crippen molar-refractivity contribution in [2.75, 3.05) is 6.61 Å². The van der Waals surface area contributed by atoms with Gasteiger partial charge in [0.25, 0.3) is 0 Å². The highest BCUT2D eigenvalue weighted by Gasteiger charge is 2.35. The summed E-state index contributed by atoms with van der Waals surface area (Å²) in [6.07, 6.45) is -2.35. The van der Waals surface area contributed by atoms with Crippen LogP contribution in [0.4, 0.5) is 13.2 Å². The Bertz CT molecular complexity index is 1040. The van der Waals surface area contributed by atoms with Crippen LogP contribution < -0.4 is 10.5 Å². The molecule has 2 aromatic carbocycles. The summed E-state index contributed by atoms with van der Waals surface area (Å²) in [4.78, 5) is 4.25. The van der Waals surface area contributed by atoms with E-state index in [0.29, 0.717) is 28.1 Å². The molecule has 1 heterocycles. The quantitative estimate of drug-likeness (QED) is 0.466. The van der Waals surface area contributed by atoms with Gasteiger partial charge < -0.3 is 10.5 Å². The van der Waals surface area contributed by atoms with Crippen LogP contribution in [0.5, 0.6) is 5.75 Å². The Kier molecular flexibility index (Phi) is 6.29. The average Bonchev–Trinajstić information content (AvgIpc) is 2.63. The van der Waals surface area contributed by atoms with Gasteiger partial charge in [-0.05, 0) is 67.6 Å². The number of benzene rings is 2. The molecule has 0 aliphatic heterocycles. The van der Waals surface area contributed by atoms with Gasteiger partial charge in [-0.25, -0.2) is 0 Å². The summed E-state index contributed by atoms with van der Waals surface area (Å²) in [5, 5.41) is 1.24. The molecule has 0 aliphatic rings. The van der Waals surface area contributed by atoms with Gasteiger partial charge in [0.2, 0.25) is 0 Å². The highest BCUT2D eigenvalue weighted by molar-refractivity contribution is 6.31. The van der Waals surface area contributed by atoms with Gasteiger partial charge in [0, 0.05) is 22.1 Å². The maximum Gasteiger partial charge on any atom is 0.419 e. The fourth-order valence-corrected chi connectivity index (χ4v) is 3.77. The topological polar surface area (TPSA) is 48.1 Å². The van der Waals surface area contributed by atoms with E-state index >= 15 is 0 Å². The van der Waals surface area contributed by atoms with E-state index in [-0.39, 0.29) is 18.3 Å². The van der Waals surface area contributed by atoms with E-state index in [2.05, 4.69) is 4.98 Å². The highest BCUT2D eigenvalue weighted by Crippen LogP contribution is 2.40. The number of pyridine rings is 1. The molecule has 0 fully saturated rings. The third kappa shape index (κ3) is 5.43. The zero-order valence-electron chi connectivity index (χ0n) is 17.1. The lowest BCUT2D eigenvalue weighted by Crippen LogP contribution is -2.35. The lowest BCUT2D eigenvalue weighted by molar-refractivity contribution is -0.139. The number of aromatic nitrogens is 1. The van der Waals surface area contributed by atoms with Crippen molar-refractivity contribution in [1.29, 1.82) is 0 Å². The summed E-state index contributed by atoms with van der Waals surface area (Å²) in [6.45, 7) is 5.82. The molecular formula is C23H24ClF3N2O. The molecule has 1 unspecified atom stereocenters. The van der Waals surface area contributed by atoms with Crippen molar-refractivity contribution in [2.45, 2.75) is 38.9 Å². The molecule has 0 aliphatic carbocycles. The Morgan fingerprint density at radius 3 is 2.50 bits per heavy atom. The first-order valence-corrected chi connectivity index (χ1v) is 9.99. The Balaban J connectivity index is 1.96. The molecule has 30 heavy (non-hydrogen) atoms. The minimum Gasteiger partial charge on any atom is -0.493 e. The van der Waals surface area contributed by atoms with Gasteiger partial charge in [-0.1, -0.05) is 30.7 Å². The normalized spacial score (nSPS) is 13.5. The standard InChI is InChI=1S/C23H24ClF3N2O/c1-14(12-22(2,3)28)13-30-21-7-4-15(10-19(21)23(25,26)27)17-8-9-29-20-11-16(24)5-6-18(17)20/h4-11,14H,12-13,28H2,1-3H3. The summed E-state index contributed by atoms with van der Waals surface area (Å²) < 4.78 is 46.9. The molecule has 160 valence electrons. The third-order valence-electron chi connectivity index (χ3n) is 4.70. The van der Waals surface area contributed by atoms with E-state index in [4.69, 9.17) is 22.1 Å². The first-order chi connectivity index (χ1) is 13.9. The van der Waals surface area contributed by atoms with Crippen LogP contribution in [0.2, 0.25) is 5.02 Å². The molecule has 0 amide bonds. The molecule has 0 saturated carbocycles. The van der Waals surface area contributed by atoms with Crippen molar-refractivity contribution in [3.63, 3.8) is 0 Å². The molecular weight excluding hydrogens is 413 g/mol. The Labute approximate surface area is 179 Å². The number of alkyl halides is 3. The van der Waals surface area contributed by atoms with Crippen molar-refractivity contribution in [3.05, 3.63) is 59.2 Å². The van der Waals surface area contributed by atoms with E-state index in [9.17, 15) is 13.2 Å².